The minimum Gasteiger partial charge on any atom is -0.394 e. The topological polar surface area (TPSA) is 369 Å². The third-order valence-electron chi connectivity index (χ3n) is 8.79. The van der Waals surface area contributed by atoms with Gasteiger partial charge in [-0.1, -0.05) is 0 Å². The fraction of sp³-hybridized carbons (Fsp3) is 0.867. The Kier molecular flexibility index (Phi) is 17.4. The molecule has 11 N–H and O–H groups in total. The molecule has 3 amide bonds. The van der Waals surface area contributed by atoms with Crippen molar-refractivity contribution in [2.24, 2.45) is 0 Å². The van der Waals surface area contributed by atoms with Crippen LogP contribution in [0.5, 0.6) is 0 Å². The van der Waals surface area contributed by atoms with Crippen molar-refractivity contribution in [3.8, 4) is 0 Å². The summed E-state index contributed by atoms with van der Waals surface area (Å²) in [5.74, 6) is -2.90. The summed E-state index contributed by atoms with van der Waals surface area (Å²) >= 11 is 0. The normalized spacial score (nSPS) is 38.3. The smallest absolute Gasteiger partial charge is 0.358 e. The average molecular weight is 805 g/mol. The van der Waals surface area contributed by atoms with Gasteiger partial charge < -0.3 is 99.1 Å². The Bertz CT molecular complexity index is 1250. The maximum absolute atomic E-state index is 12.2. The molecule has 0 spiro atoms. The van der Waals surface area contributed by atoms with E-state index in [1.54, 1.807) is 0 Å². The van der Waals surface area contributed by atoms with Crippen molar-refractivity contribution >= 4 is 23.7 Å². The fourth-order valence-corrected chi connectivity index (χ4v) is 5.71. The number of ether oxygens (including phenoxy) is 8. The summed E-state index contributed by atoms with van der Waals surface area (Å²) in [5, 5.41) is 105. The van der Waals surface area contributed by atoms with E-state index in [1.807, 2.05) is 0 Å². The zero-order chi connectivity index (χ0) is 40.4. The molecule has 25 heteroatoms. The van der Waals surface area contributed by atoms with E-state index >= 15 is 0 Å². The quantitative estimate of drug-likeness (QED) is 0.0426. The molecule has 55 heavy (non-hydrogen) atoms. The number of carbonyl (C=O) groups excluding carboxylic acids is 4. The number of carbonyl (C=O) groups is 4. The van der Waals surface area contributed by atoms with Crippen LogP contribution in [0.3, 0.4) is 0 Å². The highest BCUT2D eigenvalue weighted by molar-refractivity contribution is 6.01. The third-order valence-corrected chi connectivity index (χ3v) is 8.79. The lowest BCUT2D eigenvalue weighted by Gasteiger charge is -2.46. The number of nitrogens with zero attached hydrogens (tertiary/aromatic N) is 1. The van der Waals surface area contributed by atoms with Gasteiger partial charge in [0, 0.05) is 19.4 Å². The number of nitrogens with one attached hydrogen (secondary N) is 1. The van der Waals surface area contributed by atoms with Gasteiger partial charge in [-0.3, -0.25) is 14.4 Å². The summed E-state index contributed by atoms with van der Waals surface area (Å²) in [6, 6.07) is 0. The summed E-state index contributed by atoms with van der Waals surface area (Å²) < 4.78 is 43.1. The van der Waals surface area contributed by atoms with Crippen LogP contribution in [0.1, 0.15) is 12.8 Å². The molecule has 4 aliphatic heterocycles. The van der Waals surface area contributed by atoms with E-state index in [-0.39, 0.29) is 39.2 Å². The molecule has 25 nitrogen and oxygen atoms in total. The van der Waals surface area contributed by atoms with E-state index in [2.05, 4.69) is 10.2 Å². The predicted octanol–water partition coefficient (Wildman–Crippen LogP) is -8.79. The molecule has 4 saturated heterocycles. The van der Waals surface area contributed by atoms with Crippen molar-refractivity contribution in [2.45, 2.75) is 105 Å². The van der Waals surface area contributed by atoms with Gasteiger partial charge in [-0.05, 0) is 0 Å². The molecule has 0 aliphatic carbocycles. The van der Waals surface area contributed by atoms with Gasteiger partial charge in [0.25, 0.3) is 11.8 Å². The van der Waals surface area contributed by atoms with E-state index < -0.39 is 149 Å². The maximum Gasteiger partial charge on any atom is 0.358 e. The first-order valence-corrected chi connectivity index (χ1v) is 17.2. The van der Waals surface area contributed by atoms with Gasteiger partial charge in [-0.15, -0.1) is 5.06 Å². The summed E-state index contributed by atoms with van der Waals surface area (Å²) in [4.78, 5) is 51.5. The Balaban J connectivity index is 1.26. The molecule has 15 atom stereocenters. The number of hydrogen-bond donors (Lipinski definition) is 11. The molecule has 0 bridgehead atoms. The second-order valence-electron chi connectivity index (χ2n) is 12.7. The SMILES string of the molecule is O=C(COCCOCC(=O)ON1C(=O)CCC1=O)NCCO[C@H]1O[C@H](CO[C@H]2O[C@H](CO)[C@@H](O)[C@H](O)[C@@H]2O)[C@@H](O)[C@H](O[C@H]2O[C@H](CO)[C@@H](O)[C@H](O)[C@@H]2O)[C@@H]1O. The number of hydroxylamine groups is 2. The van der Waals surface area contributed by atoms with Gasteiger partial charge in [0.05, 0.1) is 39.6 Å². The zero-order valence-electron chi connectivity index (χ0n) is 29.2. The van der Waals surface area contributed by atoms with Gasteiger partial charge in [0.1, 0.15) is 86.5 Å². The minimum atomic E-state index is -1.93. The second kappa shape index (κ2) is 21.2. The Morgan fingerprint density at radius 2 is 1.16 bits per heavy atom. The number of imide groups is 1. The Hall–Kier alpha value is -2.64. The van der Waals surface area contributed by atoms with Crippen LogP contribution in [-0.2, 0) is 61.9 Å². The third kappa shape index (κ3) is 11.7. The standard InChI is InChI=1S/C30H48N2O23/c33-7-12-19(39)22(42)24(44)28(51-12)50-9-14-21(41)27(54-30-25(45)23(43)20(40)13(8-34)52-30)26(46)29(53-14)49-4-3-31-15(35)10-47-5-6-48-11-18(38)55-32-16(36)1-2-17(32)37/h12-14,19-30,33-34,39-46H,1-11H2,(H,31,35)/t12-,13-,14-,19-,20-,21-,22+,23+,24+,25+,26+,27+,28+,29+,30-/m1/s1. The highest BCUT2D eigenvalue weighted by Crippen LogP contribution is 2.31. The van der Waals surface area contributed by atoms with Crippen molar-refractivity contribution in [2.75, 3.05) is 59.4 Å². The van der Waals surface area contributed by atoms with Crippen molar-refractivity contribution in [3.05, 3.63) is 0 Å². The van der Waals surface area contributed by atoms with E-state index in [0.29, 0.717) is 5.06 Å². The van der Waals surface area contributed by atoms with Crippen molar-refractivity contribution in [3.63, 3.8) is 0 Å². The number of hydrogen-bond acceptors (Lipinski definition) is 23. The van der Waals surface area contributed by atoms with Gasteiger partial charge in [0.2, 0.25) is 5.91 Å². The largest absolute Gasteiger partial charge is 0.394 e. The molecule has 316 valence electrons. The molecule has 0 unspecified atom stereocenters. The van der Waals surface area contributed by atoms with Crippen LogP contribution in [0.25, 0.3) is 0 Å². The minimum absolute atomic E-state index is 0.0631. The first-order valence-electron chi connectivity index (χ1n) is 17.2. The summed E-state index contributed by atoms with van der Waals surface area (Å²) in [5.41, 5.74) is 0. The van der Waals surface area contributed by atoms with Crippen LogP contribution in [0.15, 0.2) is 0 Å². The monoisotopic (exact) mass is 804 g/mol. The molecule has 4 aliphatic rings. The first kappa shape index (κ1) is 45.1. The number of aliphatic hydroxyl groups excluding tert-OH is 10. The van der Waals surface area contributed by atoms with Crippen LogP contribution >= 0.6 is 0 Å². The second-order valence-corrected chi connectivity index (χ2v) is 12.7. The molecule has 0 aromatic carbocycles. The van der Waals surface area contributed by atoms with E-state index in [0.717, 1.165) is 0 Å². The Morgan fingerprint density at radius 1 is 0.636 bits per heavy atom. The molecule has 0 saturated carbocycles. The van der Waals surface area contributed by atoms with Crippen LogP contribution in [0.2, 0.25) is 0 Å². The van der Waals surface area contributed by atoms with Gasteiger partial charge in [-0.2, -0.15) is 0 Å². The number of amides is 3. The average Bonchev–Trinajstić information content (AvgIpc) is 3.48. The van der Waals surface area contributed by atoms with Crippen LogP contribution in [-0.4, -0.2) is 231 Å². The molecule has 0 aromatic rings. The number of aliphatic hydroxyl groups is 10. The van der Waals surface area contributed by atoms with Crippen molar-refractivity contribution in [1.82, 2.24) is 10.4 Å². The molecular weight excluding hydrogens is 756 g/mol. The first-order chi connectivity index (χ1) is 26.2. The molecule has 4 fully saturated rings. The van der Waals surface area contributed by atoms with Crippen LogP contribution < -0.4 is 5.32 Å². The van der Waals surface area contributed by atoms with Gasteiger partial charge in [-0.25, -0.2) is 4.79 Å². The highest BCUT2D eigenvalue weighted by atomic mass is 16.8. The Labute approximate surface area is 311 Å². The summed E-state index contributed by atoms with van der Waals surface area (Å²) in [7, 11) is 0. The fourth-order valence-electron chi connectivity index (χ4n) is 5.71. The van der Waals surface area contributed by atoms with E-state index in [4.69, 9.17) is 37.9 Å². The molecule has 0 aromatic heterocycles. The highest BCUT2D eigenvalue weighted by Gasteiger charge is 2.52. The zero-order valence-corrected chi connectivity index (χ0v) is 29.2. The lowest BCUT2D eigenvalue weighted by molar-refractivity contribution is -0.366. The lowest BCUT2D eigenvalue weighted by atomic mass is 9.96. The van der Waals surface area contributed by atoms with Crippen LogP contribution in [0, 0.1) is 0 Å². The van der Waals surface area contributed by atoms with Crippen molar-refractivity contribution in [1.29, 1.82) is 0 Å². The predicted molar refractivity (Wildman–Crippen MR) is 167 cm³/mol. The maximum atomic E-state index is 12.2. The van der Waals surface area contributed by atoms with E-state index in [1.165, 1.54) is 0 Å². The van der Waals surface area contributed by atoms with Gasteiger partial charge >= 0.3 is 5.97 Å². The molecule has 4 heterocycles. The van der Waals surface area contributed by atoms with E-state index in [9.17, 15) is 70.2 Å². The van der Waals surface area contributed by atoms with Gasteiger partial charge in [0.15, 0.2) is 18.9 Å². The van der Waals surface area contributed by atoms with Crippen molar-refractivity contribution < 1.29 is 113 Å². The Morgan fingerprint density at radius 3 is 1.76 bits per heavy atom. The molecule has 4 rings (SSSR count). The molecular formula is C30H48N2O23. The van der Waals surface area contributed by atoms with Crippen LogP contribution in [0.4, 0.5) is 0 Å². The summed E-state index contributed by atoms with van der Waals surface area (Å²) in [6.45, 7) is -4.07. The number of rotatable bonds is 19. The lowest BCUT2D eigenvalue weighted by Crippen LogP contribution is -2.65. The molecule has 0 radical (unpaired) electrons. The summed E-state index contributed by atoms with van der Waals surface area (Å²) in [6.07, 6.45) is -25.8.